The van der Waals surface area contributed by atoms with Crippen LogP contribution in [0, 0.1) is 3.57 Å². The number of hydrogen-bond acceptors (Lipinski definition) is 4. The fraction of sp³-hybridized carbons (Fsp3) is 0.133. The molecule has 1 N–H and O–H groups in total. The van der Waals surface area contributed by atoms with Gasteiger partial charge in [-0.05, 0) is 71.1 Å². The van der Waals surface area contributed by atoms with E-state index in [1.807, 2.05) is 24.3 Å². The Morgan fingerprint density at radius 3 is 2.38 bits per heavy atom. The summed E-state index contributed by atoms with van der Waals surface area (Å²) < 4.78 is -0.0952. The molecule has 0 aliphatic carbocycles. The van der Waals surface area contributed by atoms with Crippen LogP contribution in [0.5, 0.6) is 0 Å². The van der Waals surface area contributed by atoms with Gasteiger partial charge in [0.05, 0.1) is 5.69 Å². The van der Waals surface area contributed by atoms with Crippen LogP contribution in [0.4, 0.5) is 11.4 Å². The molecule has 5 rings (SSSR count). The van der Waals surface area contributed by atoms with Crippen molar-refractivity contribution in [2.24, 2.45) is 0 Å². The normalized spacial score (nSPS) is 18.8. The highest BCUT2D eigenvalue weighted by Crippen LogP contribution is 2.46. The van der Waals surface area contributed by atoms with Gasteiger partial charge in [-0.3, -0.25) is 9.78 Å². The van der Waals surface area contributed by atoms with Crippen molar-refractivity contribution in [3.63, 3.8) is 0 Å². The molecule has 202 valence electrons. The number of benzene rings is 3. The molecule has 0 fully saturated rings. The van der Waals surface area contributed by atoms with Crippen LogP contribution in [0.1, 0.15) is 27.7 Å². The van der Waals surface area contributed by atoms with Crippen LogP contribution in [0.2, 0.25) is 10.0 Å². The zero-order valence-electron chi connectivity index (χ0n) is 21.0. The minimum absolute atomic E-state index is 0.179. The van der Waals surface area contributed by atoms with Gasteiger partial charge in [0.1, 0.15) is 10.6 Å². The number of aliphatic carboxylic acids is 1. The van der Waals surface area contributed by atoms with Crippen molar-refractivity contribution < 1.29 is 19.5 Å². The molecule has 2 atom stereocenters. The standard InChI is InChI=1S/C30H22Cl2IN3O4/c31-20-10-8-19(9-11-20)28-29(39)35(16-14-22-5-3-4-15-34-22)25-13-12-21(33)17-23(25)30(40)36(28,18-27(37)38)26-7-2-1-6-24(26)32/h1-13,15,17,28H,14,16,18H2/p+1. The number of hydrogen-bond donors (Lipinski definition) is 1. The number of para-hydroxylation sites is 1. The monoisotopic (exact) mass is 686 g/mol. The zero-order valence-corrected chi connectivity index (χ0v) is 24.7. The van der Waals surface area contributed by atoms with Crippen LogP contribution in [0.15, 0.2) is 91.1 Å². The molecule has 0 saturated heterocycles. The van der Waals surface area contributed by atoms with Crippen LogP contribution in [0.25, 0.3) is 0 Å². The zero-order chi connectivity index (χ0) is 28.4. The first-order valence-corrected chi connectivity index (χ1v) is 14.2. The van der Waals surface area contributed by atoms with E-state index in [4.69, 9.17) is 23.2 Å². The van der Waals surface area contributed by atoms with Gasteiger partial charge < -0.3 is 10.0 Å². The maximum Gasteiger partial charge on any atom is 0.360 e. The van der Waals surface area contributed by atoms with Gasteiger partial charge in [0, 0.05) is 45.1 Å². The molecule has 2 heterocycles. The number of carbonyl (C=O) groups is 3. The maximum absolute atomic E-state index is 14.8. The van der Waals surface area contributed by atoms with E-state index in [0.29, 0.717) is 22.7 Å². The predicted octanol–water partition coefficient (Wildman–Crippen LogP) is 6.56. The van der Waals surface area contributed by atoms with Crippen molar-refractivity contribution in [1.82, 2.24) is 9.47 Å². The van der Waals surface area contributed by atoms with Gasteiger partial charge in [-0.25, -0.2) is 9.59 Å². The number of rotatable bonds is 7. The SMILES string of the molecule is O=C(O)C[N+]1(c2ccccc2Cl)C(=O)c2cc(I)ccc2N(CCc2ccccn2)C(=O)C1c1ccc(Cl)cc1. The molecule has 2 amide bonds. The second kappa shape index (κ2) is 11.7. The lowest BCUT2D eigenvalue weighted by Crippen LogP contribution is -2.61. The highest BCUT2D eigenvalue weighted by molar-refractivity contribution is 14.1. The molecule has 10 heteroatoms. The lowest BCUT2D eigenvalue weighted by atomic mass is 9.98. The minimum atomic E-state index is -1.27. The van der Waals surface area contributed by atoms with E-state index in [1.165, 1.54) is 0 Å². The van der Waals surface area contributed by atoms with E-state index in [1.54, 1.807) is 71.8 Å². The van der Waals surface area contributed by atoms with E-state index in [0.717, 1.165) is 9.26 Å². The molecule has 2 unspecified atom stereocenters. The van der Waals surface area contributed by atoms with Gasteiger partial charge in [0.15, 0.2) is 12.2 Å². The molecule has 0 bridgehead atoms. The average molecular weight is 687 g/mol. The summed E-state index contributed by atoms with van der Waals surface area (Å²) in [7, 11) is 0. The molecular weight excluding hydrogens is 664 g/mol. The Balaban J connectivity index is 1.82. The van der Waals surface area contributed by atoms with Crippen molar-refractivity contribution in [3.05, 3.63) is 122 Å². The summed E-state index contributed by atoms with van der Waals surface area (Å²) in [5.41, 5.74) is 2.08. The molecule has 1 aliphatic heterocycles. The van der Waals surface area contributed by atoms with Crippen molar-refractivity contribution in [3.8, 4) is 0 Å². The van der Waals surface area contributed by atoms with E-state index >= 15 is 0 Å². The van der Waals surface area contributed by atoms with Crippen molar-refractivity contribution in [2.45, 2.75) is 12.5 Å². The van der Waals surface area contributed by atoms with Crippen LogP contribution >= 0.6 is 45.8 Å². The molecule has 0 spiro atoms. The number of carboxylic acids is 1. The molecule has 0 saturated carbocycles. The highest BCUT2D eigenvalue weighted by atomic mass is 127. The second-order valence-corrected chi connectivity index (χ2v) is 11.4. The highest BCUT2D eigenvalue weighted by Gasteiger charge is 2.57. The summed E-state index contributed by atoms with van der Waals surface area (Å²) in [6.07, 6.45) is 2.10. The Morgan fingerprint density at radius 2 is 1.70 bits per heavy atom. The van der Waals surface area contributed by atoms with Crippen LogP contribution < -0.4 is 9.38 Å². The fourth-order valence-corrected chi connectivity index (χ4v) is 6.14. The number of quaternary nitrogens is 1. The summed E-state index contributed by atoms with van der Waals surface area (Å²) in [6, 6.07) is 22.6. The lowest BCUT2D eigenvalue weighted by molar-refractivity contribution is -0.138. The number of nitrogens with zero attached hydrogens (tertiary/aromatic N) is 3. The molecule has 7 nitrogen and oxygen atoms in total. The van der Waals surface area contributed by atoms with E-state index < -0.39 is 34.9 Å². The third kappa shape index (κ3) is 5.24. The predicted molar refractivity (Wildman–Crippen MR) is 164 cm³/mol. The first-order valence-electron chi connectivity index (χ1n) is 12.4. The summed E-state index contributed by atoms with van der Waals surface area (Å²) in [6.45, 7) is -0.489. The van der Waals surface area contributed by atoms with Crippen molar-refractivity contribution in [2.75, 3.05) is 18.0 Å². The van der Waals surface area contributed by atoms with Gasteiger partial charge in [-0.1, -0.05) is 53.5 Å². The van der Waals surface area contributed by atoms with Gasteiger partial charge >= 0.3 is 11.9 Å². The van der Waals surface area contributed by atoms with Gasteiger partial charge in [0.2, 0.25) is 6.04 Å². The summed E-state index contributed by atoms with van der Waals surface area (Å²) in [4.78, 5) is 48.2. The van der Waals surface area contributed by atoms with Crippen LogP contribution in [0.3, 0.4) is 0 Å². The fourth-order valence-electron chi connectivity index (χ4n) is 5.23. The van der Waals surface area contributed by atoms with E-state index in [-0.39, 0.29) is 22.8 Å². The largest absolute Gasteiger partial charge is 0.477 e. The number of pyridine rings is 1. The molecular formula is C30H23Cl2IN3O4+. The second-order valence-electron chi connectivity index (χ2n) is 9.35. The molecule has 0 radical (unpaired) electrons. The van der Waals surface area contributed by atoms with Gasteiger partial charge in [-0.2, -0.15) is 4.48 Å². The Bertz CT molecular complexity index is 1600. The summed E-state index contributed by atoms with van der Waals surface area (Å²) >= 11 is 15.0. The number of amides is 2. The van der Waals surface area contributed by atoms with Gasteiger partial charge in [-0.15, -0.1) is 0 Å². The Hall–Kier alpha value is -3.31. The number of fused-ring (bicyclic) bond motifs is 1. The third-order valence-corrected chi connectivity index (χ3v) is 8.20. The lowest BCUT2D eigenvalue weighted by Gasteiger charge is -2.39. The molecule has 1 aliphatic rings. The quantitative estimate of drug-likeness (QED) is 0.176. The first-order chi connectivity index (χ1) is 19.2. The van der Waals surface area contributed by atoms with Crippen molar-refractivity contribution in [1.29, 1.82) is 0 Å². The number of anilines is 1. The average Bonchev–Trinajstić information content (AvgIpc) is 3.00. The Morgan fingerprint density at radius 1 is 0.975 bits per heavy atom. The van der Waals surface area contributed by atoms with E-state index in [2.05, 4.69) is 27.6 Å². The van der Waals surface area contributed by atoms with Crippen LogP contribution in [-0.2, 0) is 16.0 Å². The maximum atomic E-state index is 14.8. The number of aromatic nitrogens is 1. The molecule has 3 aromatic carbocycles. The number of halogens is 3. The molecule has 40 heavy (non-hydrogen) atoms. The third-order valence-electron chi connectivity index (χ3n) is 6.95. The summed E-state index contributed by atoms with van der Waals surface area (Å²) in [5, 5.41) is 10.9. The number of carbonyl (C=O) groups excluding carboxylic acids is 2. The topological polar surface area (TPSA) is 87.6 Å². The molecule has 4 aromatic rings. The van der Waals surface area contributed by atoms with Crippen molar-refractivity contribution >= 4 is 75.0 Å². The van der Waals surface area contributed by atoms with E-state index in [9.17, 15) is 19.5 Å². The summed E-state index contributed by atoms with van der Waals surface area (Å²) in [5.74, 6) is -2.24. The molecule has 1 aromatic heterocycles. The number of carboxylic acid groups (broad SMARTS) is 1. The Labute approximate surface area is 254 Å². The minimum Gasteiger partial charge on any atom is -0.477 e. The smallest absolute Gasteiger partial charge is 0.360 e. The Kier molecular flexibility index (Phi) is 8.23. The first kappa shape index (κ1) is 28.2. The van der Waals surface area contributed by atoms with Crippen LogP contribution in [-0.4, -0.2) is 41.0 Å². The van der Waals surface area contributed by atoms with Gasteiger partial charge in [0.25, 0.3) is 5.91 Å².